The SMILES string of the molecule is O=C(c1ocnc1C1CC1)N1CCc2[nH]cnc2[C@@H]1c1cc2ccccn2n1. The molecule has 8 nitrogen and oxygen atoms in total. The van der Waals surface area contributed by atoms with Crippen LogP contribution in [0.3, 0.4) is 0 Å². The number of amides is 1. The molecule has 0 aromatic carbocycles. The molecular weight excluding hydrogens is 356 g/mol. The first-order valence-corrected chi connectivity index (χ1v) is 9.50. The third-order valence-electron chi connectivity index (χ3n) is 5.61. The first-order valence-electron chi connectivity index (χ1n) is 9.50. The summed E-state index contributed by atoms with van der Waals surface area (Å²) < 4.78 is 7.36. The number of fused-ring (bicyclic) bond motifs is 2. The zero-order valence-corrected chi connectivity index (χ0v) is 15.1. The van der Waals surface area contributed by atoms with Crippen LogP contribution in [0.1, 0.15) is 58.1 Å². The summed E-state index contributed by atoms with van der Waals surface area (Å²) in [6, 6.07) is 7.56. The topological polar surface area (TPSA) is 92.3 Å². The monoisotopic (exact) mass is 374 g/mol. The second kappa shape index (κ2) is 5.79. The summed E-state index contributed by atoms with van der Waals surface area (Å²) in [5, 5.41) is 4.72. The highest BCUT2D eigenvalue weighted by Crippen LogP contribution is 2.42. The van der Waals surface area contributed by atoms with E-state index in [1.165, 1.54) is 6.39 Å². The van der Waals surface area contributed by atoms with Crippen molar-refractivity contribution in [3.8, 4) is 0 Å². The quantitative estimate of drug-likeness (QED) is 0.595. The van der Waals surface area contributed by atoms with Gasteiger partial charge in [0, 0.05) is 30.8 Å². The van der Waals surface area contributed by atoms with E-state index < -0.39 is 0 Å². The molecule has 0 bridgehead atoms. The molecule has 4 aromatic heterocycles. The Balaban J connectivity index is 1.46. The Hall–Kier alpha value is -3.42. The molecule has 5 heterocycles. The molecule has 28 heavy (non-hydrogen) atoms. The van der Waals surface area contributed by atoms with Gasteiger partial charge in [-0.25, -0.2) is 14.5 Å². The molecular formula is C20H18N6O2. The third-order valence-corrected chi connectivity index (χ3v) is 5.61. The van der Waals surface area contributed by atoms with E-state index in [1.807, 2.05) is 39.9 Å². The molecule has 4 aromatic rings. The molecule has 1 fully saturated rings. The molecule has 6 rings (SSSR count). The van der Waals surface area contributed by atoms with Crippen LogP contribution in [-0.2, 0) is 6.42 Å². The number of carbonyl (C=O) groups excluding carboxylic acids is 1. The van der Waals surface area contributed by atoms with Crippen molar-refractivity contribution >= 4 is 11.4 Å². The smallest absolute Gasteiger partial charge is 0.292 e. The minimum atomic E-state index is -0.362. The number of imidazole rings is 1. The zero-order valence-electron chi connectivity index (χ0n) is 15.1. The molecule has 0 radical (unpaired) electrons. The van der Waals surface area contributed by atoms with Crippen LogP contribution < -0.4 is 0 Å². The van der Waals surface area contributed by atoms with E-state index >= 15 is 0 Å². The standard InChI is InChI=1S/C20H18N6O2/c27-20(19-16(12-4-5-12)23-11-28-19)25-8-6-14-17(22-10-21-14)18(25)15-9-13-3-1-2-7-26(13)24-15/h1-3,7,9-12,18H,4-6,8H2,(H,21,22)/t18-/m0/s1. The van der Waals surface area contributed by atoms with Gasteiger partial charge >= 0.3 is 0 Å². The number of nitrogens with one attached hydrogen (secondary N) is 1. The number of rotatable bonds is 3. The summed E-state index contributed by atoms with van der Waals surface area (Å²) in [6.07, 6.45) is 7.81. The van der Waals surface area contributed by atoms with Gasteiger partial charge < -0.3 is 14.3 Å². The molecule has 0 spiro atoms. The second-order valence-electron chi connectivity index (χ2n) is 7.40. The van der Waals surface area contributed by atoms with Crippen LogP contribution >= 0.6 is 0 Å². The predicted molar refractivity (Wildman–Crippen MR) is 98.8 cm³/mol. The molecule has 1 atom stereocenters. The van der Waals surface area contributed by atoms with Gasteiger partial charge in [-0.15, -0.1) is 0 Å². The van der Waals surface area contributed by atoms with Gasteiger partial charge in [0.2, 0.25) is 5.76 Å². The normalized spacial score (nSPS) is 19.1. The number of aromatic amines is 1. The molecule has 0 unspecified atom stereocenters. The average molecular weight is 374 g/mol. The van der Waals surface area contributed by atoms with Crippen LogP contribution in [0.2, 0.25) is 0 Å². The fourth-order valence-electron chi connectivity index (χ4n) is 4.08. The number of oxazole rings is 1. The number of nitrogens with zero attached hydrogens (tertiary/aromatic N) is 5. The lowest BCUT2D eigenvalue weighted by atomic mass is 9.99. The lowest BCUT2D eigenvalue weighted by Crippen LogP contribution is -2.41. The number of hydrogen-bond donors (Lipinski definition) is 1. The second-order valence-corrected chi connectivity index (χ2v) is 7.40. The molecule has 1 N–H and O–H groups in total. The highest BCUT2D eigenvalue weighted by molar-refractivity contribution is 5.93. The zero-order chi connectivity index (χ0) is 18.7. The third kappa shape index (κ3) is 2.30. The van der Waals surface area contributed by atoms with Crippen LogP contribution in [0.5, 0.6) is 0 Å². The van der Waals surface area contributed by atoms with E-state index in [0.717, 1.165) is 47.6 Å². The number of H-pyrrole nitrogens is 1. The molecule has 0 saturated heterocycles. The highest BCUT2D eigenvalue weighted by Gasteiger charge is 2.40. The van der Waals surface area contributed by atoms with E-state index in [1.54, 1.807) is 6.33 Å². The summed E-state index contributed by atoms with van der Waals surface area (Å²) in [7, 11) is 0. The van der Waals surface area contributed by atoms with Gasteiger partial charge in [-0.1, -0.05) is 6.07 Å². The van der Waals surface area contributed by atoms with E-state index in [2.05, 4.69) is 15.0 Å². The van der Waals surface area contributed by atoms with Crippen LogP contribution in [0, 0.1) is 0 Å². The van der Waals surface area contributed by atoms with Crippen molar-refractivity contribution in [1.29, 1.82) is 0 Å². The predicted octanol–water partition coefficient (Wildman–Crippen LogP) is 2.71. The summed E-state index contributed by atoms with van der Waals surface area (Å²) in [5.41, 5.74) is 4.44. The van der Waals surface area contributed by atoms with Crippen LogP contribution in [-0.4, -0.2) is 41.9 Å². The molecule has 1 amide bonds. The van der Waals surface area contributed by atoms with Crippen molar-refractivity contribution in [3.05, 3.63) is 71.7 Å². The van der Waals surface area contributed by atoms with Crippen molar-refractivity contribution < 1.29 is 9.21 Å². The molecule has 140 valence electrons. The number of carbonyl (C=O) groups is 1. The molecule has 1 aliphatic heterocycles. The molecule has 8 heteroatoms. The molecule has 2 aliphatic rings. The Morgan fingerprint density at radius 2 is 2.14 bits per heavy atom. The van der Waals surface area contributed by atoms with Gasteiger partial charge in [0.15, 0.2) is 6.39 Å². The average Bonchev–Trinajstić information content (AvgIpc) is 3.14. The molecule has 1 saturated carbocycles. The van der Waals surface area contributed by atoms with Crippen LogP contribution in [0.25, 0.3) is 5.52 Å². The maximum Gasteiger partial charge on any atom is 0.292 e. The van der Waals surface area contributed by atoms with Crippen molar-refractivity contribution in [1.82, 2.24) is 29.5 Å². The van der Waals surface area contributed by atoms with Gasteiger partial charge in [0.25, 0.3) is 5.91 Å². The van der Waals surface area contributed by atoms with Crippen molar-refractivity contribution in [2.24, 2.45) is 0 Å². The Bertz CT molecular complexity index is 1150. The summed E-state index contributed by atoms with van der Waals surface area (Å²) in [4.78, 5) is 27.3. The van der Waals surface area contributed by atoms with Gasteiger partial charge in [-0.3, -0.25) is 4.79 Å². The van der Waals surface area contributed by atoms with Crippen LogP contribution in [0.15, 0.2) is 47.6 Å². The van der Waals surface area contributed by atoms with E-state index in [4.69, 9.17) is 9.52 Å². The maximum atomic E-state index is 13.5. The minimum absolute atomic E-state index is 0.143. The van der Waals surface area contributed by atoms with E-state index in [9.17, 15) is 4.79 Å². The Labute approximate surface area is 160 Å². The van der Waals surface area contributed by atoms with Gasteiger partial charge in [-0.05, 0) is 31.0 Å². The van der Waals surface area contributed by atoms with Crippen molar-refractivity contribution in [2.75, 3.05) is 6.54 Å². The first kappa shape index (κ1) is 15.6. The number of pyridine rings is 1. The Morgan fingerprint density at radius 1 is 1.21 bits per heavy atom. The van der Waals surface area contributed by atoms with Crippen molar-refractivity contribution in [3.63, 3.8) is 0 Å². The number of aromatic nitrogens is 5. The Morgan fingerprint density at radius 3 is 3.00 bits per heavy atom. The number of hydrogen-bond acceptors (Lipinski definition) is 5. The summed E-state index contributed by atoms with van der Waals surface area (Å²) in [6.45, 7) is 0.567. The first-order chi connectivity index (χ1) is 13.8. The van der Waals surface area contributed by atoms with E-state index in [0.29, 0.717) is 18.2 Å². The van der Waals surface area contributed by atoms with Gasteiger partial charge in [0.05, 0.1) is 28.9 Å². The molecule has 1 aliphatic carbocycles. The highest BCUT2D eigenvalue weighted by atomic mass is 16.3. The van der Waals surface area contributed by atoms with Crippen molar-refractivity contribution in [2.45, 2.75) is 31.2 Å². The van der Waals surface area contributed by atoms with Gasteiger partial charge in [-0.2, -0.15) is 5.10 Å². The minimum Gasteiger partial charge on any atom is -0.438 e. The summed E-state index contributed by atoms with van der Waals surface area (Å²) in [5.74, 6) is 0.558. The fraction of sp³-hybridized carbons (Fsp3) is 0.300. The fourth-order valence-corrected chi connectivity index (χ4v) is 4.08. The lowest BCUT2D eigenvalue weighted by molar-refractivity contribution is 0.0652. The van der Waals surface area contributed by atoms with Crippen LogP contribution in [0.4, 0.5) is 0 Å². The maximum absolute atomic E-state index is 13.5. The largest absolute Gasteiger partial charge is 0.438 e. The van der Waals surface area contributed by atoms with E-state index in [-0.39, 0.29) is 11.9 Å². The van der Waals surface area contributed by atoms with Gasteiger partial charge in [0.1, 0.15) is 6.04 Å². The summed E-state index contributed by atoms with van der Waals surface area (Å²) >= 11 is 0. The Kier molecular flexibility index (Phi) is 3.23. The lowest BCUT2D eigenvalue weighted by Gasteiger charge is -2.33.